The average Bonchev–Trinajstić information content (AvgIpc) is 3.01. The van der Waals surface area contributed by atoms with Crippen molar-refractivity contribution in [2.75, 3.05) is 17.3 Å². The molecule has 0 amide bonds. The number of carbonyl (C=O) groups is 1. The molecule has 0 radical (unpaired) electrons. The topological polar surface area (TPSA) is 109 Å². The highest BCUT2D eigenvalue weighted by atomic mass is 35.5. The van der Waals surface area contributed by atoms with Crippen molar-refractivity contribution < 1.29 is 9.90 Å². The number of aromatic nitrogens is 5. The van der Waals surface area contributed by atoms with Gasteiger partial charge < -0.3 is 15.3 Å². The van der Waals surface area contributed by atoms with Gasteiger partial charge in [-0.3, -0.25) is 0 Å². The van der Waals surface area contributed by atoms with Crippen molar-refractivity contribution >= 4 is 34.6 Å². The number of carboxylic acid groups (broad SMARTS) is 1. The van der Waals surface area contributed by atoms with Gasteiger partial charge in [0.05, 0.1) is 28.8 Å². The van der Waals surface area contributed by atoms with E-state index in [1.54, 1.807) is 0 Å². The molecule has 0 spiro atoms. The Hall–Kier alpha value is -3.20. The predicted molar refractivity (Wildman–Crippen MR) is 100 cm³/mol. The number of aryl methyl sites for hydroxylation is 1. The number of hydrogen-bond donors (Lipinski definition) is 2. The molecule has 27 heavy (non-hydrogen) atoms. The lowest BCUT2D eigenvalue weighted by Gasteiger charge is -2.34. The molecule has 2 aromatic heterocycles. The summed E-state index contributed by atoms with van der Waals surface area (Å²) in [6.45, 7) is 3.89. The van der Waals surface area contributed by atoms with E-state index in [9.17, 15) is 9.90 Å². The number of carboxylic acids is 1. The molecule has 3 aromatic rings. The minimum Gasteiger partial charge on any atom is -0.476 e. The fourth-order valence-electron chi connectivity index (χ4n) is 3.19. The van der Waals surface area contributed by atoms with Crippen LogP contribution in [0.1, 0.15) is 35.1 Å². The lowest BCUT2D eigenvalue weighted by atomic mass is 10.1. The summed E-state index contributed by atoms with van der Waals surface area (Å²) in [4.78, 5) is 18.1. The number of rotatable bonds is 3. The first-order valence-corrected chi connectivity index (χ1v) is 8.58. The number of nitrogens with one attached hydrogen (secondary N) is 1. The second-order valence-electron chi connectivity index (χ2n) is 6.25. The summed E-state index contributed by atoms with van der Waals surface area (Å²) in [5.41, 5.74) is 2.47. The van der Waals surface area contributed by atoms with Crippen LogP contribution in [0.4, 0.5) is 17.1 Å². The molecule has 4 rings (SSSR count). The van der Waals surface area contributed by atoms with Crippen LogP contribution in [0.2, 0.25) is 5.15 Å². The quantitative estimate of drug-likeness (QED) is 0.708. The second-order valence-corrected chi connectivity index (χ2v) is 6.64. The summed E-state index contributed by atoms with van der Waals surface area (Å²) in [5, 5.41) is 24.4. The third kappa shape index (κ3) is 2.76. The fourth-order valence-corrected chi connectivity index (χ4v) is 3.33. The number of fused-ring (bicyclic) bond motifs is 3. The number of anilines is 3. The van der Waals surface area contributed by atoms with Gasteiger partial charge in [-0.2, -0.15) is 5.10 Å². The minimum absolute atomic E-state index is 0.0141. The maximum Gasteiger partial charge on any atom is 0.358 e. The Kier molecular flexibility index (Phi) is 3.96. The lowest BCUT2D eigenvalue weighted by Crippen LogP contribution is -2.31. The predicted octanol–water partition coefficient (Wildman–Crippen LogP) is 2.97. The SMILES string of the molecule is Cc1nc2n(n1)-c1cccc(Nc3cc(Cl)nnc3C(=O)O)c1N(C)[C@H]2C. The van der Waals surface area contributed by atoms with Gasteiger partial charge in [0.1, 0.15) is 5.82 Å². The highest BCUT2D eigenvalue weighted by molar-refractivity contribution is 6.29. The maximum absolute atomic E-state index is 11.5. The highest BCUT2D eigenvalue weighted by Gasteiger charge is 2.30. The number of benzene rings is 1. The van der Waals surface area contributed by atoms with Crippen LogP contribution in [0.25, 0.3) is 5.69 Å². The van der Waals surface area contributed by atoms with Crippen LogP contribution in [0.3, 0.4) is 0 Å². The van der Waals surface area contributed by atoms with Gasteiger partial charge in [-0.1, -0.05) is 17.7 Å². The van der Waals surface area contributed by atoms with Gasteiger partial charge in [0.15, 0.2) is 16.7 Å². The van der Waals surface area contributed by atoms with Gasteiger partial charge in [0.25, 0.3) is 0 Å². The van der Waals surface area contributed by atoms with E-state index in [1.165, 1.54) is 6.07 Å². The molecular weight excluding hydrogens is 370 g/mol. The third-order valence-corrected chi connectivity index (χ3v) is 4.71. The molecule has 0 saturated carbocycles. The number of aromatic carboxylic acids is 1. The van der Waals surface area contributed by atoms with Crippen LogP contribution in [0.15, 0.2) is 24.3 Å². The van der Waals surface area contributed by atoms with Gasteiger partial charge in [0, 0.05) is 13.1 Å². The average molecular weight is 386 g/mol. The Bertz CT molecular complexity index is 1070. The van der Waals surface area contributed by atoms with Crippen molar-refractivity contribution in [3.05, 3.63) is 46.8 Å². The van der Waals surface area contributed by atoms with Crippen LogP contribution >= 0.6 is 11.6 Å². The van der Waals surface area contributed by atoms with Crippen molar-refractivity contribution in [3.63, 3.8) is 0 Å². The molecule has 0 fully saturated rings. The van der Waals surface area contributed by atoms with Gasteiger partial charge in [0.2, 0.25) is 0 Å². The maximum atomic E-state index is 11.5. The number of nitrogens with zero attached hydrogens (tertiary/aromatic N) is 6. The molecule has 138 valence electrons. The molecule has 1 aliphatic heterocycles. The van der Waals surface area contributed by atoms with Crippen molar-refractivity contribution in [3.8, 4) is 5.69 Å². The van der Waals surface area contributed by atoms with E-state index in [4.69, 9.17) is 11.6 Å². The van der Waals surface area contributed by atoms with E-state index in [1.807, 2.05) is 43.8 Å². The first kappa shape index (κ1) is 17.2. The Morgan fingerprint density at radius 1 is 1.30 bits per heavy atom. The summed E-state index contributed by atoms with van der Waals surface area (Å²) in [5.74, 6) is 0.344. The molecule has 0 saturated heterocycles. The summed E-state index contributed by atoms with van der Waals surface area (Å²) in [7, 11) is 1.96. The lowest BCUT2D eigenvalue weighted by molar-refractivity contribution is 0.0690. The van der Waals surface area contributed by atoms with E-state index in [0.717, 1.165) is 17.2 Å². The normalized spacial score (nSPS) is 15.3. The van der Waals surface area contributed by atoms with E-state index in [2.05, 4.69) is 30.5 Å². The second kappa shape index (κ2) is 6.20. The molecule has 0 bridgehead atoms. The first-order chi connectivity index (χ1) is 12.9. The van der Waals surface area contributed by atoms with E-state index in [0.29, 0.717) is 11.5 Å². The molecule has 1 aromatic carbocycles. The summed E-state index contributed by atoms with van der Waals surface area (Å²) in [6.07, 6.45) is 0. The smallest absolute Gasteiger partial charge is 0.358 e. The van der Waals surface area contributed by atoms with Gasteiger partial charge in [-0.25, -0.2) is 14.5 Å². The molecule has 10 heteroatoms. The molecule has 1 aliphatic rings. The van der Waals surface area contributed by atoms with Gasteiger partial charge in [-0.15, -0.1) is 10.2 Å². The number of hydrogen-bond acceptors (Lipinski definition) is 7. The Morgan fingerprint density at radius 2 is 2.07 bits per heavy atom. The zero-order chi connectivity index (χ0) is 19.3. The Morgan fingerprint density at radius 3 is 2.81 bits per heavy atom. The standard InChI is InChI=1S/C17H16ClN7O2/c1-8-16-19-9(2)23-25(16)12-6-4-5-10(15(12)24(8)3)20-11-7-13(18)21-22-14(11)17(26)27/h4-8H,1-3H3,(H,20,21)(H,26,27)/t8-/m0/s1. The third-order valence-electron chi connectivity index (χ3n) is 4.52. The van der Waals surface area contributed by atoms with E-state index in [-0.39, 0.29) is 22.6 Å². The molecule has 2 N–H and O–H groups in total. The van der Waals surface area contributed by atoms with E-state index < -0.39 is 5.97 Å². The first-order valence-electron chi connectivity index (χ1n) is 8.20. The fraction of sp³-hybridized carbons (Fsp3) is 0.235. The Labute approximate surface area is 159 Å². The van der Waals surface area contributed by atoms with Crippen LogP contribution in [0, 0.1) is 6.92 Å². The van der Waals surface area contributed by atoms with Crippen LogP contribution in [-0.4, -0.2) is 43.1 Å². The molecule has 0 aliphatic carbocycles. The van der Waals surface area contributed by atoms with Crippen molar-refractivity contribution in [1.82, 2.24) is 25.0 Å². The van der Waals surface area contributed by atoms with Gasteiger partial charge >= 0.3 is 5.97 Å². The number of para-hydroxylation sites is 1. The Balaban J connectivity index is 1.87. The molecule has 9 nitrogen and oxygen atoms in total. The zero-order valence-corrected chi connectivity index (χ0v) is 15.6. The molecule has 0 unspecified atom stereocenters. The van der Waals surface area contributed by atoms with Crippen LogP contribution in [-0.2, 0) is 0 Å². The largest absolute Gasteiger partial charge is 0.476 e. The van der Waals surface area contributed by atoms with Crippen LogP contribution < -0.4 is 10.2 Å². The van der Waals surface area contributed by atoms with Crippen molar-refractivity contribution in [2.24, 2.45) is 0 Å². The summed E-state index contributed by atoms with van der Waals surface area (Å²) >= 11 is 5.91. The monoisotopic (exact) mass is 385 g/mol. The van der Waals surface area contributed by atoms with Gasteiger partial charge in [-0.05, 0) is 26.0 Å². The number of halogens is 1. The van der Waals surface area contributed by atoms with Crippen molar-refractivity contribution in [1.29, 1.82) is 0 Å². The summed E-state index contributed by atoms with van der Waals surface area (Å²) < 4.78 is 1.82. The van der Waals surface area contributed by atoms with Crippen LogP contribution in [0.5, 0.6) is 0 Å². The summed E-state index contributed by atoms with van der Waals surface area (Å²) in [6, 6.07) is 7.09. The van der Waals surface area contributed by atoms with E-state index >= 15 is 0 Å². The molecular formula is C17H16ClN7O2. The van der Waals surface area contributed by atoms with Crippen molar-refractivity contribution in [2.45, 2.75) is 19.9 Å². The zero-order valence-electron chi connectivity index (χ0n) is 14.8. The highest BCUT2D eigenvalue weighted by Crippen LogP contribution is 2.42. The molecule has 3 heterocycles. The minimum atomic E-state index is -1.19. The molecule has 1 atom stereocenters.